The van der Waals surface area contributed by atoms with E-state index in [1.165, 1.54) is 0 Å². The normalized spacial score (nSPS) is 15.8. The number of aromatic nitrogens is 1. The summed E-state index contributed by atoms with van der Waals surface area (Å²) in [4.78, 5) is 18.3. The average molecular weight is 345 g/mol. The molecule has 2 heterocycles. The summed E-state index contributed by atoms with van der Waals surface area (Å²) in [5, 5.41) is 6.53. The average Bonchev–Trinajstić information content (AvgIpc) is 3.23. The molecule has 2 aromatic rings. The van der Waals surface area contributed by atoms with Gasteiger partial charge in [-0.15, -0.1) is 11.3 Å². The van der Waals surface area contributed by atoms with Gasteiger partial charge in [0, 0.05) is 43.0 Å². The predicted molar refractivity (Wildman–Crippen MR) is 96.2 cm³/mol. The van der Waals surface area contributed by atoms with Crippen LogP contribution in [-0.2, 0) is 11.3 Å². The van der Waals surface area contributed by atoms with E-state index in [2.05, 4.69) is 17.6 Å². The molecule has 5 nitrogen and oxygen atoms in total. The van der Waals surface area contributed by atoms with Crippen LogP contribution in [0.25, 0.3) is 10.6 Å². The highest BCUT2D eigenvalue weighted by molar-refractivity contribution is 7.13. The molecule has 1 aromatic heterocycles. The van der Waals surface area contributed by atoms with E-state index in [0.717, 1.165) is 41.5 Å². The second-order valence-corrected chi connectivity index (χ2v) is 6.96. The molecular weight excluding hydrogens is 322 g/mol. The van der Waals surface area contributed by atoms with Gasteiger partial charge >= 0.3 is 0 Å². The van der Waals surface area contributed by atoms with Crippen LogP contribution in [0.5, 0.6) is 5.75 Å². The molecule has 1 saturated heterocycles. The summed E-state index contributed by atoms with van der Waals surface area (Å²) < 4.78 is 5.27. The predicted octanol–water partition coefficient (Wildman–Crippen LogP) is 2.92. The number of hydrogen-bond acceptors (Lipinski definition) is 5. The molecule has 0 radical (unpaired) electrons. The highest BCUT2D eigenvalue weighted by atomic mass is 32.1. The van der Waals surface area contributed by atoms with Gasteiger partial charge in [0.15, 0.2) is 0 Å². The van der Waals surface area contributed by atoms with Crippen LogP contribution in [0.4, 0.5) is 0 Å². The first kappa shape index (κ1) is 16.9. The number of amides is 1. The third kappa shape index (κ3) is 4.13. The summed E-state index contributed by atoms with van der Waals surface area (Å²) in [6, 6.07) is 8.20. The molecule has 1 fully saturated rings. The SMILES string of the molecule is COc1cccc(-c2nc(CNC(C)CN3CCCC3=O)cs2)c1. The van der Waals surface area contributed by atoms with Crippen LogP contribution >= 0.6 is 11.3 Å². The van der Waals surface area contributed by atoms with E-state index in [1.54, 1.807) is 18.4 Å². The van der Waals surface area contributed by atoms with Crippen LogP contribution in [-0.4, -0.2) is 42.0 Å². The number of rotatable bonds is 7. The van der Waals surface area contributed by atoms with E-state index >= 15 is 0 Å². The van der Waals surface area contributed by atoms with E-state index in [0.29, 0.717) is 13.0 Å². The lowest BCUT2D eigenvalue weighted by atomic mass is 10.2. The van der Waals surface area contributed by atoms with Gasteiger partial charge in [0.1, 0.15) is 10.8 Å². The zero-order chi connectivity index (χ0) is 16.9. The summed E-state index contributed by atoms with van der Waals surface area (Å²) in [6.45, 7) is 4.48. The Morgan fingerprint density at radius 1 is 1.46 bits per heavy atom. The third-order valence-electron chi connectivity index (χ3n) is 4.17. The zero-order valence-electron chi connectivity index (χ0n) is 14.1. The van der Waals surface area contributed by atoms with Crippen LogP contribution in [0.3, 0.4) is 0 Å². The maximum Gasteiger partial charge on any atom is 0.222 e. The summed E-state index contributed by atoms with van der Waals surface area (Å²) in [5.41, 5.74) is 2.10. The number of nitrogens with zero attached hydrogens (tertiary/aromatic N) is 2. The quantitative estimate of drug-likeness (QED) is 0.838. The molecule has 1 aromatic carbocycles. The van der Waals surface area contributed by atoms with Crippen molar-refractivity contribution in [1.29, 1.82) is 0 Å². The van der Waals surface area contributed by atoms with E-state index in [4.69, 9.17) is 9.72 Å². The molecule has 1 atom stereocenters. The van der Waals surface area contributed by atoms with Crippen LogP contribution in [0, 0.1) is 0 Å². The molecule has 0 bridgehead atoms. The van der Waals surface area contributed by atoms with Gasteiger partial charge in [0.05, 0.1) is 12.8 Å². The topological polar surface area (TPSA) is 54.5 Å². The third-order valence-corrected chi connectivity index (χ3v) is 5.11. The number of ether oxygens (including phenoxy) is 1. The number of carbonyl (C=O) groups excluding carboxylic acids is 1. The fraction of sp³-hybridized carbons (Fsp3) is 0.444. The molecule has 1 unspecified atom stereocenters. The van der Waals surface area contributed by atoms with E-state index in [9.17, 15) is 4.79 Å². The monoisotopic (exact) mass is 345 g/mol. The molecule has 3 rings (SSSR count). The van der Waals surface area contributed by atoms with Gasteiger partial charge in [0.25, 0.3) is 0 Å². The van der Waals surface area contributed by atoms with Gasteiger partial charge in [-0.3, -0.25) is 4.79 Å². The molecule has 0 aliphatic carbocycles. The Balaban J connectivity index is 1.55. The van der Waals surface area contributed by atoms with Gasteiger partial charge in [-0.1, -0.05) is 12.1 Å². The number of benzene rings is 1. The van der Waals surface area contributed by atoms with Crippen molar-refractivity contribution in [3.8, 4) is 16.3 Å². The lowest BCUT2D eigenvalue weighted by Gasteiger charge is -2.21. The summed E-state index contributed by atoms with van der Waals surface area (Å²) in [5.74, 6) is 1.11. The molecule has 1 aliphatic rings. The standard InChI is InChI=1S/C18H23N3O2S/c1-13(11-21-8-4-7-17(21)22)19-10-15-12-24-18(20-15)14-5-3-6-16(9-14)23-2/h3,5-6,9,12-13,19H,4,7-8,10-11H2,1-2H3. The lowest BCUT2D eigenvalue weighted by molar-refractivity contribution is -0.127. The minimum absolute atomic E-state index is 0.258. The molecule has 1 aliphatic heterocycles. The van der Waals surface area contributed by atoms with Gasteiger partial charge in [0.2, 0.25) is 5.91 Å². The fourth-order valence-electron chi connectivity index (χ4n) is 2.85. The van der Waals surface area contributed by atoms with E-state index in [1.807, 2.05) is 29.2 Å². The maximum atomic E-state index is 11.7. The number of methoxy groups -OCH3 is 1. The Kier molecular flexibility index (Phi) is 5.48. The first-order chi connectivity index (χ1) is 11.7. The van der Waals surface area contributed by atoms with Crippen molar-refractivity contribution in [1.82, 2.24) is 15.2 Å². The van der Waals surface area contributed by atoms with Gasteiger partial charge in [-0.2, -0.15) is 0 Å². The number of thiazole rings is 1. The summed E-state index contributed by atoms with van der Waals surface area (Å²) >= 11 is 1.64. The molecule has 0 spiro atoms. The van der Waals surface area contributed by atoms with E-state index < -0.39 is 0 Å². The van der Waals surface area contributed by atoms with Crippen LogP contribution < -0.4 is 10.1 Å². The van der Waals surface area contributed by atoms with Crippen molar-refractivity contribution in [2.24, 2.45) is 0 Å². The Morgan fingerprint density at radius 3 is 3.08 bits per heavy atom. The van der Waals surface area contributed by atoms with Crippen molar-refractivity contribution < 1.29 is 9.53 Å². The van der Waals surface area contributed by atoms with Crippen molar-refractivity contribution in [3.05, 3.63) is 35.3 Å². The molecule has 6 heteroatoms. The highest BCUT2D eigenvalue weighted by Gasteiger charge is 2.21. The minimum Gasteiger partial charge on any atom is -0.497 e. The van der Waals surface area contributed by atoms with E-state index in [-0.39, 0.29) is 11.9 Å². The summed E-state index contributed by atoms with van der Waals surface area (Å²) in [6.07, 6.45) is 1.68. The first-order valence-corrected chi connectivity index (χ1v) is 9.13. The maximum absolute atomic E-state index is 11.7. The second-order valence-electron chi connectivity index (χ2n) is 6.10. The Labute approximate surface area is 146 Å². The largest absolute Gasteiger partial charge is 0.497 e. The van der Waals surface area contributed by atoms with Gasteiger partial charge in [-0.05, 0) is 25.5 Å². The highest BCUT2D eigenvalue weighted by Crippen LogP contribution is 2.26. The number of nitrogens with one attached hydrogen (secondary N) is 1. The number of carbonyl (C=O) groups is 1. The van der Waals surface area contributed by atoms with Crippen molar-refractivity contribution >= 4 is 17.2 Å². The van der Waals surface area contributed by atoms with Crippen molar-refractivity contribution in [2.75, 3.05) is 20.2 Å². The van der Waals surface area contributed by atoms with Crippen molar-refractivity contribution in [2.45, 2.75) is 32.4 Å². The Bertz CT molecular complexity index is 701. The van der Waals surface area contributed by atoms with Crippen LogP contribution in [0.2, 0.25) is 0 Å². The molecule has 128 valence electrons. The van der Waals surface area contributed by atoms with Crippen molar-refractivity contribution in [3.63, 3.8) is 0 Å². The smallest absolute Gasteiger partial charge is 0.222 e. The Morgan fingerprint density at radius 2 is 2.33 bits per heavy atom. The molecule has 24 heavy (non-hydrogen) atoms. The zero-order valence-corrected chi connectivity index (χ0v) is 14.9. The molecule has 1 N–H and O–H groups in total. The lowest BCUT2D eigenvalue weighted by Crippen LogP contribution is -2.39. The molecular formula is C18H23N3O2S. The summed E-state index contributed by atoms with van der Waals surface area (Å²) in [7, 11) is 1.67. The first-order valence-electron chi connectivity index (χ1n) is 8.25. The molecule has 0 saturated carbocycles. The number of likely N-dealkylation sites (tertiary alicyclic amines) is 1. The minimum atomic E-state index is 0.258. The van der Waals surface area contributed by atoms with Crippen LogP contribution in [0.15, 0.2) is 29.6 Å². The molecule has 1 amide bonds. The number of hydrogen-bond donors (Lipinski definition) is 1. The Hall–Kier alpha value is -1.92. The fourth-order valence-corrected chi connectivity index (χ4v) is 3.66. The van der Waals surface area contributed by atoms with Gasteiger partial charge < -0.3 is 15.0 Å². The second kappa shape index (κ2) is 7.77. The van der Waals surface area contributed by atoms with Crippen LogP contribution in [0.1, 0.15) is 25.5 Å². The van der Waals surface area contributed by atoms with Gasteiger partial charge in [-0.25, -0.2) is 4.98 Å².